The largest absolute Gasteiger partial charge is 0.426 e. The smallest absolute Gasteiger partial charge is 0.397 e. The highest BCUT2D eigenvalue weighted by Gasteiger charge is 2.44. The van der Waals surface area contributed by atoms with E-state index in [4.69, 9.17) is 22.6 Å². The van der Waals surface area contributed by atoms with Gasteiger partial charge in [-0.25, -0.2) is 0 Å². The number of hydrogen-bond acceptors (Lipinski definition) is 6. The Balaban J connectivity index is 1.82. The molecule has 3 rings (SSSR count). The van der Waals surface area contributed by atoms with Crippen LogP contribution in [0.2, 0.25) is 0 Å². The summed E-state index contributed by atoms with van der Waals surface area (Å²) in [6.07, 6.45) is 0. The summed E-state index contributed by atoms with van der Waals surface area (Å²) >= 11 is 0. The summed E-state index contributed by atoms with van der Waals surface area (Å²) in [5.74, 6) is 0.864. The van der Waals surface area contributed by atoms with Crippen LogP contribution in [0.15, 0.2) is 12.1 Å². The summed E-state index contributed by atoms with van der Waals surface area (Å²) in [5, 5.41) is 0. The Morgan fingerprint density at radius 3 is 1.71 bits per heavy atom. The Morgan fingerprint density at radius 2 is 1.29 bits per heavy atom. The number of aryl methyl sites for hydroxylation is 1. The minimum absolute atomic E-state index is 0.0724. The van der Waals surface area contributed by atoms with Gasteiger partial charge in [0.05, 0.1) is 31.8 Å². The number of hydrogen-bond donors (Lipinski definition) is 1. The van der Waals surface area contributed by atoms with E-state index in [1.54, 1.807) is 0 Å². The van der Waals surface area contributed by atoms with Gasteiger partial charge in [-0.2, -0.15) is 0 Å². The van der Waals surface area contributed by atoms with Gasteiger partial charge in [0.15, 0.2) is 0 Å². The van der Waals surface area contributed by atoms with E-state index in [1.165, 1.54) is 5.56 Å². The maximum absolute atomic E-state index is 9.42. The first-order valence-corrected chi connectivity index (χ1v) is 11.8. The minimum atomic E-state index is -1.77. The van der Waals surface area contributed by atoms with Crippen molar-refractivity contribution in [1.29, 1.82) is 0 Å². The standard InChI is InChI=1S/C20H32O6P2/c1-14-8-15(18(2,3)4)17(16(9-14)19(5,6)7)26-28-24-12-20(13-25-28)10-22-27(21)23-11-20/h8-9,21H,10-13H2,1-7H3. The van der Waals surface area contributed by atoms with Crippen LogP contribution >= 0.6 is 17.2 Å². The van der Waals surface area contributed by atoms with Crippen LogP contribution < -0.4 is 4.52 Å². The minimum Gasteiger partial charge on any atom is -0.426 e. The third-order valence-electron chi connectivity index (χ3n) is 4.93. The molecule has 2 fully saturated rings. The van der Waals surface area contributed by atoms with Gasteiger partial charge < -0.3 is 27.5 Å². The lowest BCUT2D eigenvalue weighted by Gasteiger charge is -2.41. The van der Waals surface area contributed by atoms with Crippen LogP contribution in [0.4, 0.5) is 0 Å². The van der Waals surface area contributed by atoms with Gasteiger partial charge in [0.25, 0.3) is 0 Å². The van der Waals surface area contributed by atoms with Crippen molar-refractivity contribution in [3.05, 3.63) is 28.8 Å². The van der Waals surface area contributed by atoms with Crippen molar-refractivity contribution >= 4 is 17.2 Å². The molecule has 2 aliphatic heterocycles. The topological polar surface area (TPSA) is 66.4 Å². The average molecular weight is 430 g/mol. The molecule has 0 unspecified atom stereocenters. The lowest BCUT2D eigenvalue weighted by Crippen LogP contribution is -2.44. The van der Waals surface area contributed by atoms with Crippen LogP contribution in [0.1, 0.15) is 58.2 Å². The quantitative estimate of drug-likeness (QED) is 0.626. The SMILES string of the molecule is Cc1cc(C(C)(C)C)c(OP2OCC3(COP(O)OC3)CO2)c(C(C)(C)C)c1. The maximum Gasteiger partial charge on any atom is 0.397 e. The molecule has 0 aliphatic carbocycles. The molecule has 1 aromatic carbocycles. The maximum atomic E-state index is 9.42. The van der Waals surface area contributed by atoms with E-state index in [0.717, 1.165) is 16.9 Å². The van der Waals surface area contributed by atoms with Gasteiger partial charge in [0.1, 0.15) is 5.75 Å². The fraction of sp³-hybridized carbons (Fsp3) is 0.700. The van der Waals surface area contributed by atoms with E-state index in [-0.39, 0.29) is 16.2 Å². The van der Waals surface area contributed by atoms with E-state index in [1.807, 2.05) is 0 Å². The highest BCUT2D eigenvalue weighted by Crippen LogP contribution is 2.53. The molecular formula is C20H32O6P2. The molecule has 2 aliphatic rings. The normalized spacial score (nSPS) is 29.1. The van der Waals surface area contributed by atoms with Crippen molar-refractivity contribution in [3.8, 4) is 5.75 Å². The fourth-order valence-electron chi connectivity index (χ4n) is 3.20. The van der Waals surface area contributed by atoms with Crippen molar-refractivity contribution in [3.63, 3.8) is 0 Å². The van der Waals surface area contributed by atoms with Gasteiger partial charge in [-0.3, -0.25) is 0 Å². The van der Waals surface area contributed by atoms with E-state index in [9.17, 15) is 4.89 Å². The molecular weight excluding hydrogens is 398 g/mol. The van der Waals surface area contributed by atoms with Gasteiger partial charge in [0.2, 0.25) is 0 Å². The van der Waals surface area contributed by atoms with Crippen LogP contribution in [0.5, 0.6) is 5.75 Å². The van der Waals surface area contributed by atoms with E-state index in [2.05, 4.69) is 60.6 Å². The van der Waals surface area contributed by atoms with Gasteiger partial charge in [-0.15, -0.1) is 0 Å². The average Bonchev–Trinajstić information content (AvgIpc) is 2.59. The molecule has 0 amide bonds. The molecule has 8 heteroatoms. The first-order chi connectivity index (χ1) is 12.9. The van der Waals surface area contributed by atoms with Crippen LogP contribution in [-0.4, -0.2) is 31.3 Å². The predicted octanol–water partition coefficient (Wildman–Crippen LogP) is 5.49. The summed E-state index contributed by atoms with van der Waals surface area (Å²) in [5.41, 5.74) is 3.01. The van der Waals surface area contributed by atoms with Crippen LogP contribution in [0.25, 0.3) is 0 Å². The molecule has 0 atom stereocenters. The second-order valence-corrected chi connectivity index (χ2v) is 12.0. The molecule has 1 N–H and O–H groups in total. The molecule has 0 saturated carbocycles. The van der Waals surface area contributed by atoms with Crippen LogP contribution in [0, 0.1) is 12.3 Å². The van der Waals surface area contributed by atoms with E-state index in [0.29, 0.717) is 26.4 Å². The molecule has 28 heavy (non-hydrogen) atoms. The lowest BCUT2D eigenvalue weighted by atomic mass is 9.78. The first-order valence-electron chi connectivity index (χ1n) is 9.54. The van der Waals surface area contributed by atoms with Crippen molar-refractivity contribution in [2.75, 3.05) is 26.4 Å². The van der Waals surface area contributed by atoms with Crippen molar-refractivity contribution in [2.45, 2.75) is 59.3 Å². The summed E-state index contributed by atoms with van der Waals surface area (Å²) in [6.45, 7) is 16.8. The highest BCUT2D eigenvalue weighted by atomic mass is 31.2. The summed E-state index contributed by atoms with van der Waals surface area (Å²) in [4.78, 5) is 9.42. The molecule has 1 aromatic rings. The molecule has 1 spiro atoms. The zero-order chi connectivity index (χ0) is 20.7. The molecule has 2 saturated heterocycles. The van der Waals surface area contributed by atoms with E-state index < -0.39 is 17.2 Å². The third kappa shape index (κ3) is 5.05. The van der Waals surface area contributed by atoms with Crippen molar-refractivity contribution in [2.24, 2.45) is 5.41 Å². The van der Waals surface area contributed by atoms with Gasteiger partial charge in [-0.1, -0.05) is 59.2 Å². The summed E-state index contributed by atoms with van der Waals surface area (Å²) in [6, 6.07) is 4.38. The first kappa shape index (κ1) is 22.4. The van der Waals surface area contributed by atoms with Crippen molar-refractivity contribution in [1.82, 2.24) is 0 Å². The van der Waals surface area contributed by atoms with Gasteiger partial charge >= 0.3 is 17.2 Å². The summed E-state index contributed by atoms with van der Waals surface area (Å²) in [7, 11) is -3.28. The highest BCUT2D eigenvalue weighted by molar-refractivity contribution is 7.42. The zero-order valence-corrected chi connectivity index (χ0v) is 19.7. The van der Waals surface area contributed by atoms with Crippen LogP contribution in [0.3, 0.4) is 0 Å². The predicted molar refractivity (Wildman–Crippen MR) is 112 cm³/mol. The second-order valence-electron chi connectivity index (χ2n) is 9.84. The Bertz CT molecular complexity index is 657. The molecule has 0 radical (unpaired) electrons. The Hall–Kier alpha value is -0.320. The molecule has 158 valence electrons. The Labute approximate surface area is 170 Å². The molecule has 0 aromatic heterocycles. The zero-order valence-electron chi connectivity index (χ0n) is 17.9. The Kier molecular flexibility index (Phi) is 6.45. The molecule has 2 heterocycles. The fourth-order valence-corrected chi connectivity index (χ4v) is 5.33. The monoisotopic (exact) mass is 430 g/mol. The van der Waals surface area contributed by atoms with Crippen molar-refractivity contribution < 1.29 is 27.5 Å². The lowest BCUT2D eigenvalue weighted by molar-refractivity contribution is -0.0684. The Morgan fingerprint density at radius 1 is 0.857 bits per heavy atom. The van der Waals surface area contributed by atoms with Crippen LogP contribution in [-0.2, 0) is 28.9 Å². The van der Waals surface area contributed by atoms with E-state index >= 15 is 0 Å². The molecule has 6 nitrogen and oxygen atoms in total. The summed E-state index contributed by atoms with van der Waals surface area (Å²) < 4.78 is 28.8. The number of benzene rings is 1. The second kappa shape index (κ2) is 8.07. The third-order valence-corrected chi connectivity index (χ3v) is 6.64. The molecule has 0 bridgehead atoms. The number of rotatable bonds is 2. The van der Waals surface area contributed by atoms with Gasteiger partial charge in [0, 0.05) is 11.1 Å². The van der Waals surface area contributed by atoms with Gasteiger partial charge in [-0.05, 0) is 17.8 Å².